The van der Waals surface area contributed by atoms with E-state index in [0.717, 1.165) is 36.9 Å². The number of aryl methyl sites for hydroxylation is 1. The van der Waals surface area contributed by atoms with Crippen molar-refractivity contribution in [2.45, 2.75) is 51.6 Å². The molecule has 1 aliphatic rings. The number of nitrogens with one attached hydrogen (secondary N) is 1. The Labute approximate surface area is 114 Å². The number of hydrogen-bond donors (Lipinski definition) is 2. The molecule has 1 fully saturated rings. The summed E-state index contributed by atoms with van der Waals surface area (Å²) in [6.07, 6.45) is 7.13. The molecule has 2 rings (SSSR count). The van der Waals surface area contributed by atoms with Crippen LogP contribution in [0, 0.1) is 12.8 Å². The lowest BCUT2D eigenvalue weighted by molar-refractivity contribution is -0.126. The zero-order valence-electron chi connectivity index (χ0n) is 11.6. The summed E-state index contributed by atoms with van der Waals surface area (Å²) in [7, 11) is 0. The van der Waals surface area contributed by atoms with E-state index in [4.69, 9.17) is 5.73 Å². The van der Waals surface area contributed by atoms with Gasteiger partial charge in [-0.25, -0.2) is 0 Å². The summed E-state index contributed by atoms with van der Waals surface area (Å²) in [4.78, 5) is 16.4. The first-order chi connectivity index (χ1) is 9.16. The van der Waals surface area contributed by atoms with Crippen LogP contribution in [0.5, 0.6) is 0 Å². The van der Waals surface area contributed by atoms with Crippen LogP contribution in [0.3, 0.4) is 0 Å². The van der Waals surface area contributed by atoms with Crippen molar-refractivity contribution in [2.75, 3.05) is 0 Å². The second-order valence-corrected chi connectivity index (χ2v) is 5.43. The van der Waals surface area contributed by atoms with E-state index in [1.165, 1.54) is 6.42 Å². The van der Waals surface area contributed by atoms with Gasteiger partial charge in [0.1, 0.15) is 0 Å². The van der Waals surface area contributed by atoms with Crippen LogP contribution < -0.4 is 11.1 Å². The number of aromatic nitrogens is 1. The zero-order chi connectivity index (χ0) is 13.7. The van der Waals surface area contributed by atoms with Gasteiger partial charge in [-0.2, -0.15) is 0 Å². The van der Waals surface area contributed by atoms with Crippen molar-refractivity contribution < 1.29 is 4.79 Å². The largest absolute Gasteiger partial charge is 0.352 e. The second kappa shape index (κ2) is 6.66. The highest BCUT2D eigenvalue weighted by molar-refractivity contribution is 5.79. The van der Waals surface area contributed by atoms with Gasteiger partial charge in [0.15, 0.2) is 0 Å². The Hall–Kier alpha value is -1.42. The molecular weight excluding hydrogens is 238 g/mol. The van der Waals surface area contributed by atoms with Gasteiger partial charge in [0.2, 0.25) is 5.91 Å². The van der Waals surface area contributed by atoms with Crippen LogP contribution >= 0.6 is 0 Å². The molecule has 0 spiro atoms. The highest BCUT2D eigenvalue weighted by atomic mass is 16.1. The predicted octanol–water partition coefficient (Wildman–Crippen LogP) is 1.91. The fraction of sp³-hybridized carbons (Fsp3) is 0.600. The maximum absolute atomic E-state index is 12.2. The van der Waals surface area contributed by atoms with Gasteiger partial charge in [0.25, 0.3) is 0 Å². The Morgan fingerprint density at radius 3 is 2.89 bits per heavy atom. The van der Waals surface area contributed by atoms with E-state index in [-0.39, 0.29) is 17.9 Å². The number of pyridine rings is 1. The molecular formula is C15H23N3O. The fourth-order valence-corrected chi connectivity index (χ4v) is 2.59. The molecule has 4 nitrogen and oxygen atoms in total. The Morgan fingerprint density at radius 1 is 1.37 bits per heavy atom. The third-order valence-corrected chi connectivity index (χ3v) is 3.85. The molecule has 2 unspecified atom stereocenters. The zero-order valence-corrected chi connectivity index (χ0v) is 11.6. The Morgan fingerprint density at radius 2 is 2.16 bits per heavy atom. The molecule has 1 heterocycles. The lowest BCUT2D eigenvalue weighted by Gasteiger charge is -2.20. The predicted molar refractivity (Wildman–Crippen MR) is 75.4 cm³/mol. The number of hydrogen-bond acceptors (Lipinski definition) is 3. The summed E-state index contributed by atoms with van der Waals surface area (Å²) in [6, 6.07) is 3.97. The quantitative estimate of drug-likeness (QED) is 0.817. The van der Waals surface area contributed by atoms with Crippen LogP contribution in [0.15, 0.2) is 18.3 Å². The van der Waals surface area contributed by atoms with Gasteiger partial charge >= 0.3 is 0 Å². The summed E-state index contributed by atoms with van der Waals surface area (Å²) in [6.45, 7) is 2.49. The van der Waals surface area contributed by atoms with E-state index in [1.54, 1.807) is 0 Å². The number of nitrogens with zero attached hydrogens (tertiary/aromatic N) is 1. The van der Waals surface area contributed by atoms with E-state index in [1.807, 2.05) is 25.3 Å². The molecule has 4 heteroatoms. The van der Waals surface area contributed by atoms with Crippen LogP contribution in [0.1, 0.15) is 43.4 Å². The van der Waals surface area contributed by atoms with Crippen LogP contribution in [0.2, 0.25) is 0 Å². The monoisotopic (exact) mass is 261 g/mol. The Balaban J connectivity index is 1.87. The fourth-order valence-electron chi connectivity index (χ4n) is 2.59. The molecule has 0 bridgehead atoms. The number of nitrogens with two attached hydrogens (primary N) is 1. The smallest absolute Gasteiger partial charge is 0.224 e. The molecule has 1 amide bonds. The summed E-state index contributed by atoms with van der Waals surface area (Å²) in [5, 5.41) is 2.99. The van der Waals surface area contributed by atoms with Gasteiger partial charge < -0.3 is 11.1 Å². The summed E-state index contributed by atoms with van der Waals surface area (Å²) >= 11 is 0. The Kier molecular flexibility index (Phi) is 4.91. The van der Waals surface area contributed by atoms with E-state index in [9.17, 15) is 4.79 Å². The van der Waals surface area contributed by atoms with E-state index in [2.05, 4.69) is 10.3 Å². The van der Waals surface area contributed by atoms with E-state index < -0.39 is 0 Å². The van der Waals surface area contributed by atoms with Crippen LogP contribution in [0.4, 0.5) is 0 Å². The summed E-state index contributed by atoms with van der Waals surface area (Å²) in [5.74, 6) is 0.0656. The van der Waals surface area contributed by atoms with Crippen molar-refractivity contribution in [1.29, 1.82) is 0 Å². The topological polar surface area (TPSA) is 68.0 Å². The maximum Gasteiger partial charge on any atom is 0.224 e. The Bertz CT molecular complexity index is 416. The van der Waals surface area contributed by atoms with Gasteiger partial charge in [-0.1, -0.05) is 25.3 Å². The number of carbonyl (C=O) groups is 1. The van der Waals surface area contributed by atoms with Gasteiger partial charge in [-0.3, -0.25) is 9.78 Å². The first-order valence-electron chi connectivity index (χ1n) is 7.11. The van der Waals surface area contributed by atoms with Crippen molar-refractivity contribution in [2.24, 2.45) is 11.7 Å². The molecule has 0 saturated heterocycles. The SMILES string of the molecule is Cc1ccc(CNC(=O)C2CCCCCC2N)cn1. The molecule has 0 radical (unpaired) electrons. The van der Waals surface area contributed by atoms with E-state index >= 15 is 0 Å². The highest BCUT2D eigenvalue weighted by Crippen LogP contribution is 2.22. The highest BCUT2D eigenvalue weighted by Gasteiger charge is 2.26. The van der Waals surface area contributed by atoms with Gasteiger partial charge in [0, 0.05) is 24.5 Å². The molecule has 1 saturated carbocycles. The molecule has 1 aromatic heterocycles. The molecule has 3 N–H and O–H groups in total. The molecule has 0 aromatic carbocycles. The standard InChI is InChI=1S/C15H23N3O/c1-11-7-8-12(9-17-11)10-18-15(19)13-5-3-2-4-6-14(13)16/h7-9,13-14H,2-6,10,16H2,1H3,(H,18,19). The normalized spacial score (nSPS) is 23.7. The van der Waals surface area contributed by atoms with E-state index in [0.29, 0.717) is 6.54 Å². The minimum atomic E-state index is -0.0269. The van der Waals surface area contributed by atoms with Crippen molar-refractivity contribution in [3.05, 3.63) is 29.6 Å². The summed E-state index contributed by atoms with van der Waals surface area (Å²) in [5.41, 5.74) is 8.11. The summed E-state index contributed by atoms with van der Waals surface area (Å²) < 4.78 is 0. The molecule has 19 heavy (non-hydrogen) atoms. The lowest BCUT2D eigenvalue weighted by Crippen LogP contribution is -2.41. The van der Waals surface area contributed by atoms with Gasteiger partial charge in [-0.15, -0.1) is 0 Å². The number of rotatable bonds is 3. The minimum Gasteiger partial charge on any atom is -0.352 e. The molecule has 104 valence electrons. The van der Waals surface area contributed by atoms with Crippen LogP contribution in [-0.2, 0) is 11.3 Å². The molecule has 0 aliphatic heterocycles. The van der Waals surface area contributed by atoms with Crippen molar-refractivity contribution in [3.8, 4) is 0 Å². The van der Waals surface area contributed by atoms with Crippen molar-refractivity contribution in [1.82, 2.24) is 10.3 Å². The third-order valence-electron chi connectivity index (χ3n) is 3.85. The lowest BCUT2D eigenvalue weighted by atomic mass is 9.94. The molecule has 1 aliphatic carbocycles. The number of carbonyl (C=O) groups excluding carboxylic acids is 1. The van der Waals surface area contributed by atoms with Gasteiger partial charge in [0.05, 0.1) is 5.92 Å². The maximum atomic E-state index is 12.2. The van der Waals surface area contributed by atoms with Crippen LogP contribution in [-0.4, -0.2) is 16.9 Å². The first kappa shape index (κ1) is 14.0. The van der Waals surface area contributed by atoms with Gasteiger partial charge in [-0.05, 0) is 31.4 Å². The number of amides is 1. The van der Waals surface area contributed by atoms with Crippen molar-refractivity contribution >= 4 is 5.91 Å². The minimum absolute atomic E-state index is 0.0126. The second-order valence-electron chi connectivity index (χ2n) is 5.43. The third kappa shape index (κ3) is 4.03. The van der Waals surface area contributed by atoms with Crippen molar-refractivity contribution in [3.63, 3.8) is 0 Å². The average Bonchev–Trinajstić information content (AvgIpc) is 2.62. The first-order valence-corrected chi connectivity index (χ1v) is 7.11. The molecule has 2 atom stereocenters. The molecule has 1 aromatic rings. The van der Waals surface area contributed by atoms with Crippen LogP contribution in [0.25, 0.3) is 0 Å². The average molecular weight is 261 g/mol.